The molecule has 0 unspecified atom stereocenters. The summed E-state index contributed by atoms with van der Waals surface area (Å²) >= 11 is 0. The van der Waals surface area contributed by atoms with Crippen molar-refractivity contribution < 1.29 is 9.63 Å². The van der Waals surface area contributed by atoms with Crippen LogP contribution in [0, 0.1) is 0 Å². The van der Waals surface area contributed by atoms with Crippen LogP contribution in [0.5, 0.6) is 0 Å². The molecule has 0 bridgehead atoms. The Kier molecular flexibility index (Phi) is 4.80. The molecule has 82 valence electrons. The Bertz CT molecular complexity index is 326. The van der Waals surface area contributed by atoms with Crippen molar-refractivity contribution in [2.45, 2.75) is 13.3 Å². The number of nitrogens with two attached hydrogens (primary N) is 1. The van der Waals surface area contributed by atoms with Crippen LogP contribution in [-0.4, -0.2) is 19.1 Å². The van der Waals surface area contributed by atoms with Crippen LogP contribution in [0.2, 0.25) is 0 Å². The van der Waals surface area contributed by atoms with Crippen LogP contribution >= 0.6 is 0 Å². The van der Waals surface area contributed by atoms with Gasteiger partial charge in [0.25, 0.3) is 5.91 Å². The van der Waals surface area contributed by atoms with Crippen molar-refractivity contribution in [3.8, 4) is 0 Å². The van der Waals surface area contributed by atoms with E-state index in [0.717, 1.165) is 5.56 Å². The second kappa shape index (κ2) is 6.16. The smallest absolute Gasteiger partial charge is 0.275 e. The largest absolute Gasteiger partial charge is 0.330 e. The highest BCUT2D eigenvalue weighted by atomic mass is 16.6. The molecule has 1 rings (SSSR count). The lowest BCUT2D eigenvalue weighted by Gasteiger charge is -2.08. The summed E-state index contributed by atoms with van der Waals surface area (Å²) in [5.41, 5.74) is 9.40. The van der Waals surface area contributed by atoms with Crippen LogP contribution in [0.3, 0.4) is 0 Å². The maximum absolute atomic E-state index is 11.6. The van der Waals surface area contributed by atoms with Crippen LogP contribution in [0.1, 0.15) is 22.8 Å². The zero-order chi connectivity index (χ0) is 11.1. The van der Waals surface area contributed by atoms with E-state index in [-0.39, 0.29) is 5.91 Å². The average Bonchev–Trinajstić information content (AvgIpc) is 2.27. The number of hydrogen-bond donors (Lipinski definition) is 2. The lowest BCUT2D eigenvalue weighted by molar-refractivity contribution is 0.0363. The Morgan fingerprint density at radius 2 is 2.20 bits per heavy atom. The fourth-order valence-corrected chi connectivity index (χ4v) is 1.31. The van der Waals surface area contributed by atoms with Crippen LogP contribution in [0.15, 0.2) is 24.3 Å². The van der Waals surface area contributed by atoms with Crippen molar-refractivity contribution in [3.63, 3.8) is 0 Å². The van der Waals surface area contributed by atoms with Gasteiger partial charge in [0.1, 0.15) is 0 Å². The quantitative estimate of drug-likeness (QED) is 0.706. The monoisotopic (exact) mass is 208 g/mol. The number of hydrogen-bond acceptors (Lipinski definition) is 3. The molecule has 0 saturated carbocycles. The van der Waals surface area contributed by atoms with Gasteiger partial charge in [-0.05, 0) is 31.5 Å². The lowest BCUT2D eigenvalue weighted by Crippen LogP contribution is -2.25. The third-order valence-corrected chi connectivity index (χ3v) is 1.98. The predicted molar refractivity (Wildman–Crippen MR) is 58.3 cm³/mol. The van der Waals surface area contributed by atoms with E-state index in [1.54, 1.807) is 6.07 Å². The predicted octanol–water partition coefficient (Wildman–Crippen LogP) is 0.869. The van der Waals surface area contributed by atoms with Crippen LogP contribution < -0.4 is 11.2 Å². The molecule has 1 aromatic rings. The van der Waals surface area contributed by atoms with Gasteiger partial charge in [-0.3, -0.25) is 9.63 Å². The number of rotatable bonds is 5. The van der Waals surface area contributed by atoms with Gasteiger partial charge in [0.2, 0.25) is 0 Å². The van der Waals surface area contributed by atoms with Gasteiger partial charge in [0.05, 0.1) is 6.61 Å². The van der Waals surface area contributed by atoms with Gasteiger partial charge in [-0.1, -0.05) is 18.2 Å². The molecule has 1 amide bonds. The Labute approximate surface area is 89.4 Å². The van der Waals surface area contributed by atoms with Gasteiger partial charge in [-0.15, -0.1) is 0 Å². The Hall–Kier alpha value is -1.39. The minimum absolute atomic E-state index is 0.221. The van der Waals surface area contributed by atoms with E-state index in [1.165, 1.54) is 0 Å². The maximum atomic E-state index is 11.6. The summed E-state index contributed by atoms with van der Waals surface area (Å²) in [4.78, 5) is 16.5. The molecule has 0 aliphatic carbocycles. The standard InChI is InChI=1S/C11H16N2O2/c1-2-15-13-11(14)10-6-4-3-5-9(10)7-8-12/h3-6H,2,7-8,12H2,1H3,(H,13,14). The van der Waals surface area contributed by atoms with Crippen molar-refractivity contribution >= 4 is 5.91 Å². The SMILES string of the molecule is CCONC(=O)c1ccccc1CCN. The van der Waals surface area contributed by atoms with Crippen molar-refractivity contribution in [2.75, 3.05) is 13.2 Å². The molecule has 0 aromatic heterocycles. The highest BCUT2D eigenvalue weighted by Crippen LogP contribution is 2.08. The molecular formula is C11H16N2O2. The maximum Gasteiger partial charge on any atom is 0.275 e. The normalized spacial score (nSPS) is 10.0. The summed E-state index contributed by atoms with van der Waals surface area (Å²) in [5.74, 6) is -0.221. The first kappa shape index (κ1) is 11.7. The van der Waals surface area contributed by atoms with Gasteiger partial charge >= 0.3 is 0 Å². The molecule has 4 nitrogen and oxygen atoms in total. The molecule has 3 N–H and O–H groups in total. The lowest BCUT2D eigenvalue weighted by atomic mass is 10.0. The van der Waals surface area contributed by atoms with E-state index in [0.29, 0.717) is 25.1 Å². The fraction of sp³-hybridized carbons (Fsp3) is 0.364. The molecule has 0 saturated heterocycles. The first-order chi connectivity index (χ1) is 7.29. The second-order valence-electron chi connectivity index (χ2n) is 3.06. The molecule has 4 heteroatoms. The van der Waals surface area contributed by atoms with E-state index < -0.39 is 0 Å². The summed E-state index contributed by atoms with van der Waals surface area (Å²) in [6.07, 6.45) is 0.690. The summed E-state index contributed by atoms with van der Waals surface area (Å²) in [5, 5.41) is 0. The van der Waals surface area contributed by atoms with E-state index in [4.69, 9.17) is 10.6 Å². The van der Waals surface area contributed by atoms with Gasteiger partial charge in [0.15, 0.2) is 0 Å². The number of carbonyl (C=O) groups is 1. The summed E-state index contributed by atoms with van der Waals surface area (Å²) in [6.45, 7) is 2.79. The van der Waals surface area contributed by atoms with E-state index in [9.17, 15) is 4.79 Å². The fourth-order valence-electron chi connectivity index (χ4n) is 1.31. The summed E-state index contributed by atoms with van der Waals surface area (Å²) < 4.78 is 0. The second-order valence-corrected chi connectivity index (χ2v) is 3.06. The van der Waals surface area contributed by atoms with Crippen LogP contribution in [-0.2, 0) is 11.3 Å². The molecule has 15 heavy (non-hydrogen) atoms. The average molecular weight is 208 g/mol. The van der Waals surface area contributed by atoms with Crippen molar-refractivity contribution in [3.05, 3.63) is 35.4 Å². The molecule has 0 atom stereocenters. The van der Waals surface area contributed by atoms with E-state index in [1.807, 2.05) is 25.1 Å². The van der Waals surface area contributed by atoms with Crippen molar-refractivity contribution in [2.24, 2.45) is 5.73 Å². The summed E-state index contributed by atoms with van der Waals surface area (Å²) in [6, 6.07) is 7.37. The van der Waals surface area contributed by atoms with Crippen molar-refractivity contribution in [1.29, 1.82) is 0 Å². The Morgan fingerprint density at radius 3 is 2.87 bits per heavy atom. The topological polar surface area (TPSA) is 64.3 Å². The molecule has 1 aromatic carbocycles. The molecule has 0 heterocycles. The van der Waals surface area contributed by atoms with Gasteiger partial charge in [-0.2, -0.15) is 0 Å². The first-order valence-corrected chi connectivity index (χ1v) is 4.99. The van der Waals surface area contributed by atoms with Gasteiger partial charge in [-0.25, -0.2) is 5.48 Å². The number of nitrogens with one attached hydrogen (secondary N) is 1. The number of carbonyl (C=O) groups excluding carboxylic acids is 1. The minimum atomic E-state index is -0.221. The number of benzene rings is 1. The summed E-state index contributed by atoms with van der Waals surface area (Å²) in [7, 11) is 0. The molecule has 0 spiro atoms. The number of amides is 1. The third-order valence-electron chi connectivity index (χ3n) is 1.98. The molecule has 0 aliphatic heterocycles. The molecule has 0 aliphatic rings. The molecule has 0 fully saturated rings. The highest BCUT2D eigenvalue weighted by molar-refractivity contribution is 5.94. The number of hydroxylamine groups is 1. The van der Waals surface area contributed by atoms with Gasteiger partial charge in [0, 0.05) is 5.56 Å². The minimum Gasteiger partial charge on any atom is -0.330 e. The van der Waals surface area contributed by atoms with Gasteiger partial charge < -0.3 is 5.73 Å². The third kappa shape index (κ3) is 3.34. The Morgan fingerprint density at radius 1 is 1.47 bits per heavy atom. The molecule has 0 radical (unpaired) electrons. The zero-order valence-corrected chi connectivity index (χ0v) is 8.82. The first-order valence-electron chi connectivity index (χ1n) is 4.99. The van der Waals surface area contributed by atoms with E-state index in [2.05, 4.69) is 5.48 Å². The highest BCUT2D eigenvalue weighted by Gasteiger charge is 2.09. The zero-order valence-electron chi connectivity index (χ0n) is 8.82. The van der Waals surface area contributed by atoms with E-state index >= 15 is 0 Å². The van der Waals surface area contributed by atoms with Crippen LogP contribution in [0.4, 0.5) is 0 Å². The van der Waals surface area contributed by atoms with Crippen molar-refractivity contribution in [1.82, 2.24) is 5.48 Å². The Balaban J connectivity index is 2.77. The molecular weight excluding hydrogens is 192 g/mol. The van der Waals surface area contributed by atoms with Crippen LogP contribution in [0.25, 0.3) is 0 Å².